The van der Waals surface area contributed by atoms with E-state index in [-0.39, 0.29) is 36.6 Å². The van der Waals surface area contributed by atoms with Crippen LogP contribution in [0.1, 0.15) is 31.2 Å². The van der Waals surface area contributed by atoms with Crippen LogP contribution in [-0.2, 0) is 11.2 Å². The molecule has 0 aliphatic carbocycles. The van der Waals surface area contributed by atoms with Crippen LogP contribution in [0.2, 0.25) is 5.02 Å². The van der Waals surface area contributed by atoms with Gasteiger partial charge in [-0.05, 0) is 57.0 Å². The lowest BCUT2D eigenvalue weighted by molar-refractivity contribution is -0.131. The van der Waals surface area contributed by atoms with Crippen molar-refractivity contribution in [2.24, 2.45) is 0 Å². The number of likely N-dealkylation sites (N-methyl/N-ethyl adjacent to an activating group) is 1. The molecule has 244 valence electrons. The Kier molecular flexibility index (Phi) is 8.32. The number of nitrogens with one attached hydrogen (secondary N) is 1. The number of nitrogens with zero attached hydrogens (tertiary/aromatic N) is 7. The fraction of sp³-hybridized carbons (Fsp3) is 0.424. The average Bonchev–Trinajstić information content (AvgIpc) is 3.71. The first-order valence-corrected chi connectivity index (χ1v) is 16.0. The second kappa shape index (κ2) is 12.6. The maximum Gasteiger partial charge on any atom is 0.319 e. The van der Waals surface area contributed by atoms with Crippen molar-refractivity contribution in [1.29, 1.82) is 5.26 Å². The number of likely N-dealkylation sites (tertiary alicyclic amines) is 1. The van der Waals surface area contributed by atoms with E-state index in [1.807, 2.05) is 11.0 Å². The predicted octanol–water partition coefficient (Wildman–Crippen LogP) is 5.18. The van der Waals surface area contributed by atoms with Gasteiger partial charge in [-0.2, -0.15) is 20.3 Å². The van der Waals surface area contributed by atoms with Gasteiger partial charge in [0.25, 0.3) is 5.91 Å². The van der Waals surface area contributed by atoms with Gasteiger partial charge in [0.1, 0.15) is 24.0 Å². The molecule has 2 aromatic carbocycles. The van der Waals surface area contributed by atoms with Crippen molar-refractivity contribution in [3.8, 4) is 29.0 Å². The van der Waals surface area contributed by atoms with Crippen LogP contribution in [0.5, 0.6) is 11.8 Å². The van der Waals surface area contributed by atoms with Crippen molar-refractivity contribution in [2.45, 2.75) is 44.2 Å². The molecule has 2 saturated heterocycles. The van der Waals surface area contributed by atoms with Crippen molar-refractivity contribution >= 4 is 45.1 Å². The maximum atomic E-state index is 15.9. The van der Waals surface area contributed by atoms with E-state index in [4.69, 9.17) is 31.0 Å². The van der Waals surface area contributed by atoms with E-state index in [0.29, 0.717) is 77.1 Å². The van der Waals surface area contributed by atoms with Crippen LogP contribution < -0.4 is 14.4 Å². The number of hydrogen-bond donors (Lipinski definition) is 1. The molecule has 1 N–H and O–H groups in total. The molecule has 47 heavy (non-hydrogen) atoms. The Balaban J connectivity index is 1.40. The summed E-state index contributed by atoms with van der Waals surface area (Å²) < 4.78 is 42.5. The summed E-state index contributed by atoms with van der Waals surface area (Å²) in [6.07, 6.45) is 4.95. The Bertz CT molecular complexity index is 1950. The van der Waals surface area contributed by atoms with Crippen LogP contribution in [0.4, 0.5) is 14.6 Å². The molecule has 4 aromatic rings. The molecule has 11 nitrogen and oxygen atoms in total. The molecule has 5 heterocycles. The molecule has 2 aromatic heterocycles. The Morgan fingerprint density at radius 2 is 2.11 bits per heavy atom. The topological polar surface area (TPSA) is 124 Å². The molecule has 3 aliphatic heterocycles. The molecule has 0 spiro atoms. The first-order chi connectivity index (χ1) is 22.7. The number of H-pyrrole nitrogens is 1. The highest BCUT2D eigenvalue weighted by molar-refractivity contribution is 6.32. The highest BCUT2D eigenvalue weighted by Gasteiger charge is 2.35. The summed E-state index contributed by atoms with van der Waals surface area (Å²) >= 11 is 6.37. The molecule has 7 rings (SSSR count). The number of rotatable bonds is 7. The maximum absolute atomic E-state index is 15.9. The number of carbonyl (C=O) groups excluding carboxylic acids is 1. The first-order valence-electron chi connectivity index (χ1n) is 15.7. The smallest absolute Gasteiger partial charge is 0.319 e. The largest absolute Gasteiger partial charge is 0.492 e. The van der Waals surface area contributed by atoms with Gasteiger partial charge in [0.15, 0.2) is 5.83 Å². The van der Waals surface area contributed by atoms with Crippen molar-refractivity contribution in [3.63, 3.8) is 0 Å². The second-order valence-corrected chi connectivity index (χ2v) is 12.6. The fourth-order valence-electron chi connectivity index (χ4n) is 7.02. The van der Waals surface area contributed by atoms with Crippen LogP contribution in [0.15, 0.2) is 30.7 Å². The summed E-state index contributed by atoms with van der Waals surface area (Å²) in [7, 11) is 2.06. The van der Waals surface area contributed by atoms with Crippen molar-refractivity contribution in [2.75, 3.05) is 51.3 Å². The highest BCUT2D eigenvalue weighted by atomic mass is 35.5. The zero-order valence-corrected chi connectivity index (χ0v) is 26.6. The number of halogens is 3. The van der Waals surface area contributed by atoms with E-state index in [1.165, 1.54) is 11.0 Å². The van der Waals surface area contributed by atoms with Gasteiger partial charge < -0.3 is 24.2 Å². The number of aromatic nitrogens is 4. The Hall–Kier alpha value is -4.54. The van der Waals surface area contributed by atoms with Gasteiger partial charge in [-0.3, -0.25) is 9.89 Å². The quantitative estimate of drug-likeness (QED) is 0.267. The number of piperazine rings is 1. The third kappa shape index (κ3) is 5.59. The molecule has 0 bridgehead atoms. The summed E-state index contributed by atoms with van der Waals surface area (Å²) in [6, 6.07) is 5.20. The first kappa shape index (κ1) is 31.1. The van der Waals surface area contributed by atoms with E-state index in [1.54, 1.807) is 6.20 Å². The number of nitriles is 1. The molecular weight excluding hydrogens is 630 g/mol. The molecule has 2 fully saturated rings. The van der Waals surface area contributed by atoms with Gasteiger partial charge in [0, 0.05) is 42.2 Å². The predicted molar refractivity (Wildman–Crippen MR) is 173 cm³/mol. The molecule has 2 atom stereocenters. The normalized spacial score (nSPS) is 19.9. The molecule has 1 amide bonds. The lowest BCUT2D eigenvalue weighted by atomic mass is 9.90. The van der Waals surface area contributed by atoms with Crippen molar-refractivity contribution < 1.29 is 23.0 Å². The van der Waals surface area contributed by atoms with Gasteiger partial charge in [-0.15, -0.1) is 0 Å². The minimum Gasteiger partial charge on any atom is -0.492 e. The number of amides is 1. The number of hydrogen-bond acceptors (Lipinski definition) is 9. The lowest BCUT2D eigenvalue weighted by Crippen LogP contribution is -2.55. The Morgan fingerprint density at radius 3 is 2.87 bits per heavy atom. The van der Waals surface area contributed by atoms with Crippen LogP contribution >= 0.6 is 11.6 Å². The van der Waals surface area contributed by atoms with Crippen LogP contribution in [0, 0.1) is 17.1 Å². The molecule has 0 saturated carbocycles. The summed E-state index contributed by atoms with van der Waals surface area (Å²) in [6.45, 7) is 5.62. The van der Waals surface area contributed by atoms with Crippen molar-refractivity contribution in [3.05, 3.63) is 47.1 Å². The van der Waals surface area contributed by atoms with E-state index in [9.17, 15) is 14.4 Å². The summed E-state index contributed by atoms with van der Waals surface area (Å²) in [5.41, 5.74) is 2.74. The van der Waals surface area contributed by atoms with Gasteiger partial charge >= 0.3 is 6.01 Å². The summed E-state index contributed by atoms with van der Waals surface area (Å²) in [4.78, 5) is 27.9. The second-order valence-electron chi connectivity index (χ2n) is 12.2. The zero-order chi connectivity index (χ0) is 32.8. The highest BCUT2D eigenvalue weighted by Crippen LogP contribution is 2.47. The number of fused-ring (bicyclic) bond motifs is 4. The lowest BCUT2D eigenvalue weighted by Gasteiger charge is -2.41. The Morgan fingerprint density at radius 1 is 1.26 bits per heavy atom. The van der Waals surface area contributed by atoms with Gasteiger partial charge in [0.05, 0.1) is 52.8 Å². The van der Waals surface area contributed by atoms with Crippen LogP contribution in [-0.4, -0.2) is 94.4 Å². The van der Waals surface area contributed by atoms with Crippen molar-refractivity contribution in [1.82, 2.24) is 30.0 Å². The minimum atomic E-state index is -1.07. The summed E-state index contributed by atoms with van der Waals surface area (Å²) in [5.74, 6) is -1.44. The van der Waals surface area contributed by atoms with Crippen LogP contribution in [0.25, 0.3) is 32.9 Å². The van der Waals surface area contributed by atoms with Gasteiger partial charge in [-0.1, -0.05) is 18.2 Å². The fourth-order valence-corrected chi connectivity index (χ4v) is 7.22. The van der Waals surface area contributed by atoms with Gasteiger partial charge in [-0.25, -0.2) is 8.78 Å². The third-order valence-corrected chi connectivity index (χ3v) is 9.68. The molecular formula is C33H33ClF2N8O3. The molecule has 0 radical (unpaired) electrons. The number of aromatic amines is 1. The SMILES string of the molecule is C=C(F)C(=O)N1CCN(c2nc(OC[C@@H]3CCCN3C)nc3cc(-c4c(F)c(Cl)cc5[nH]ncc45)c4c(c23)OCCC4)C[C@@H]1CC#N. The number of benzene rings is 2. The Labute approximate surface area is 274 Å². The zero-order valence-electron chi connectivity index (χ0n) is 25.9. The average molecular weight is 663 g/mol. The van der Waals surface area contributed by atoms with E-state index >= 15 is 4.39 Å². The standard InChI is InChI=1S/C33H33ClF2N8O3/c1-18(35)32(45)44-11-10-43(16-19(44)7-8-37)31-28-26(39-33(40-31)47-17-20-5-3-9-42(20)2)13-22(21-6-4-12-46-30(21)28)27-23-15-38-41-25(23)14-24(34)29(27)36/h13-15,19-20H,1,3-7,9-12,16-17H2,2H3,(H,38,41)/t19-,20-/m0/s1. The van der Waals surface area contributed by atoms with Crippen LogP contribution in [0.3, 0.4) is 0 Å². The van der Waals surface area contributed by atoms with E-state index < -0.39 is 23.6 Å². The number of ether oxygens (including phenoxy) is 2. The summed E-state index contributed by atoms with van der Waals surface area (Å²) in [5, 5.41) is 17.8. The van der Waals surface area contributed by atoms with E-state index in [2.05, 4.69) is 34.8 Å². The third-order valence-electron chi connectivity index (χ3n) is 9.41. The monoisotopic (exact) mass is 662 g/mol. The number of anilines is 1. The molecule has 0 unspecified atom stereocenters. The molecule has 3 aliphatic rings. The number of carbonyl (C=O) groups is 1. The van der Waals surface area contributed by atoms with E-state index in [0.717, 1.165) is 24.9 Å². The molecule has 14 heteroatoms. The minimum absolute atomic E-state index is 0.0105. The van der Waals surface area contributed by atoms with Gasteiger partial charge in [0.2, 0.25) is 0 Å².